The molecule has 0 radical (unpaired) electrons. The fourth-order valence-electron chi connectivity index (χ4n) is 2.86. The number of carbonyl (C=O) groups excluding carboxylic acids is 1. The van der Waals surface area contributed by atoms with E-state index in [0.29, 0.717) is 18.5 Å². The standard InChI is InChI=1S/C19H40N4O2/c1-16(2)23(17(3)4)15-11-14-22-19(20-5)21-13-10-8-7-9-12-18(24)25-6/h16-17H,7-15H2,1-6H3,(H2,20,21,22). The van der Waals surface area contributed by atoms with Gasteiger partial charge in [-0.05, 0) is 47.0 Å². The first-order valence-corrected chi connectivity index (χ1v) is 9.69. The van der Waals surface area contributed by atoms with Crippen LogP contribution in [0.1, 0.15) is 66.2 Å². The van der Waals surface area contributed by atoms with Gasteiger partial charge in [-0.1, -0.05) is 12.8 Å². The summed E-state index contributed by atoms with van der Waals surface area (Å²) in [7, 11) is 3.24. The SMILES string of the molecule is CN=C(NCCCCCCC(=O)OC)NCCCN(C(C)C)C(C)C. The lowest BCUT2D eigenvalue weighted by molar-refractivity contribution is -0.140. The molecule has 6 nitrogen and oxygen atoms in total. The van der Waals surface area contributed by atoms with Crippen LogP contribution in [0.2, 0.25) is 0 Å². The van der Waals surface area contributed by atoms with Gasteiger partial charge in [-0.25, -0.2) is 0 Å². The third-order valence-electron chi connectivity index (χ3n) is 4.26. The minimum absolute atomic E-state index is 0.115. The van der Waals surface area contributed by atoms with Gasteiger partial charge in [-0.2, -0.15) is 0 Å². The zero-order chi connectivity index (χ0) is 19.1. The van der Waals surface area contributed by atoms with Gasteiger partial charge in [0.05, 0.1) is 7.11 Å². The summed E-state index contributed by atoms with van der Waals surface area (Å²) in [6.45, 7) is 11.9. The molecule has 0 amide bonds. The number of rotatable bonds is 13. The van der Waals surface area contributed by atoms with E-state index in [9.17, 15) is 4.79 Å². The van der Waals surface area contributed by atoms with Gasteiger partial charge in [0.15, 0.2) is 5.96 Å². The maximum atomic E-state index is 11.0. The van der Waals surface area contributed by atoms with E-state index in [1.807, 2.05) is 0 Å². The summed E-state index contributed by atoms with van der Waals surface area (Å²) >= 11 is 0. The lowest BCUT2D eigenvalue weighted by Gasteiger charge is -2.30. The molecular weight excluding hydrogens is 316 g/mol. The summed E-state index contributed by atoms with van der Waals surface area (Å²) in [5.74, 6) is 0.756. The molecule has 0 aromatic carbocycles. The molecule has 0 heterocycles. The number of hydrogen-bond donors (Lipinski definition) is 2. The van der Waals surface area contributed by atoms with E-state index in [-0.39, 0.29) is 5.97 Å². The molecular formula is C19H40N4O2. The maximum Gasteiger partial charge on any atom is 0.305 e. The molecule has 0 saturated carbocycles. The van der Waals surface area contributed by atoms with Crippen molar-refractivity contribution in [2.24, 2.45) is 4.99 Å². The van der Waals surface area contributed by atoms with E-state index >= 15 is 0 Å². The van der Waals surface area contributed by atoms with Crippen molar-refractivity contribution >= 4 is 11.9 Å². The molecule has 6 heteroatoms. The third-order valence-corrected chi connectivity index (χ3v) is 4.26. The molecule has 0 aliphatic heterocycles. The van der Waals surface area contributed by atoms with Crippen LogP contribution in [0.4, 0.5) is 0 Å². The first kappa shape index (κ1) is 23.7. The molecule has 25 heavy (non-hydrogen) atoms. The number of methoxy groups -OCH3 is 1. The van der Waals surface area contributed by atoms with Gasteiger partial charge in [0.1, 0.15) is 0 Å². The van der Waals surface area contributed by atoms with Crippen molar-refractivity contribution < 1.29 is 9.53 Å². The van der Waals surface area contributed by atoms with Crippen LogP contribution < -0.4 is 10.6 Å². The zero-order valence-electron chi connectivity index (χ0n) is 17.2. The molecule has 0 atom stereocenters. The first-order valence-electron chi connectivity index (χ1n) is 9.69. The Kier molecular flexibility index (Phi) is 14.2. The highest BCUT2D eigenvalue weighted by molar-refractivity contribution is 5.79. The quantitative estimate of drug-likeness (QED) is 0.230. The zero-order valence-corrected chi connectivity index (χ0v) is 17.2. The highest BCUT2D eigenvalue weighted by atomic mass is 16.5. The largest absolute Gasteiger partial charge is 0.469 e. The summed E-state index contributed by atoms with van der Waals surface area (Å²) in [4.78, 5) is 17.8. The number of nitrogens with one attached hydrogen (secondary N) is 2. The highest BCUT2D eigenvalue weighted by Gasteiger charge is 2.12. The Morgan fingerprint density at radius 3 is 2.04 bits per heavy atom. The van der Waals surface area contributed by atoms with E-state index in [2.05, 4.69) is 53.0 Å². The first-order chi connectivity index (χ1) is 11.9. The number of nitrogens with zero attached hydrogens (tertiary/aromatic N) is 2. The lowest BCUT2D eigenvalue weighted by atomic mass is 10.1. The number of esters is 1. The van der Waals surface area contributed by atoms with Crippen LogP contribution in [0.5, 0.6) is 0 Å². The van der Waals surface area contributed by atoms with Gasteiger partial charge < -0.3 is 15.4 Å². The fourth-order valence-corrected chi connectivity index (χ4v) is 2.86. The molecule has 0 rings (SSSR count). The van der Waals surface area contributed by atoms with Gasteiger partial charge in [-0.3, -0.25) is 14.7 Å². The Labute approximate surface area is 154 Å². The molecule has 0 unspecified atom stereocenters. The van der Waals surface area contributed by atoms with Crippen molar-refractivity contribution in [3.8, 4) is 0 Å². The van der Waals surface area contributed by atoms with E-state index in [1.165, 1.54) is 7.11 Å². The van der Waals surface area contributed by atoms with Crippen molar-refractivity contribution in [1.29, 1.82) is 0 Å². The third kappa shape index (κ3) is 12.7. The molecule has 2 N–H and O–H groups in total. The van der Waals surface area contributed by atoms with Crippen LogP contribution in [-0.2, 0) is 9.53 Å². The summed E-state index contributed by atoms with van der Waals surface area (Å²) < 4.78 is 4.63. The Hall–Kier alpha value is -1.30. The second-order valence-electron chi connectivity index (χ2n) is 6.94. The highest BCUT2D eigenvalue weighted by Crippen LogP contribution is 2.05. The molecule has 0 bridgehead atoms. The Morgan fingerprint density at radius 2 is 1.52 bits per heavy atom. The second-order valence-corrected chi connectivity index (χ2v) is 6.94. The summed E-state index contributed by atoms with van der Waals surface area (Å²) in [5.41, 5.74) is 0. The average Bonchev–Trinajstić information content (AvgIpc) is 2.57. The molecule has 148 valence electrons. The van der Waals surface area contributed by atoms with Gasteiger partial charge in [0.2, 0.25) is 0 Å². The van der Waals surface area contributed by atoms with Crippen LogP contribution in [0.25, 0.3) is 0 Å². The van der Waals surface area contributed by atoms with Crippen molar-refractivity contribution in [1.82, 2.24) is 15.5 Å². The number of unbranched alkanes of at least 4 members (excludes halogenated alkanes) is 3. The fraction of sp³-hybridized carbons (Fsp3) is 0.895. The Morgan fingerprint density at radius 1 is 0.960 bits per heavy atom. The van der Waals surface area contributed by atoms with E-state index in [0.717, 1.165) is 57.7 Å². The van der Waals surface area contributed by atoms with Crippen molar-refractivity contribution in [3.05, 3.63) is 0 Å². The Balaban J connectivity index is 3.71. The number of aliphatic imine (C=N–C) groups is 1. The van der Waals surface area contributed by atoms with E-state index in [4.69, 9.17) is 0 Å². The van der Waals surface area contributed by atoms with Gasteiger partial charge in [-0.15, -0.1) is 0 Å². The molecule has 0 aliphatic carbocycles. The lowest BCUT2D eigenvalue weighted by Crippen LogP contribution is -2.41. The van der Waals surface area contributed by atoms with Gasteiger partial charge in [0, 0.05) is 45.2 Å². The molecule has 0 aromatic heterocycles. The maximum absolute atomic E-state index is 11.0. The smallest absolute Gasteiger partial charge is 0.305 e. The van der Waals surface area contributed by atoms with Crippen LogP contribution >= 0.6 is 0 Å². The second kappa shape index (κ2) is 15.0. The topological polar surface area (TPSA) is 66.0 Å². The molecule has 0 fully saturated rings. The van der Waals surface area contributed by atoms with E-state index < -0.39 is 0 Å². The van der Waals surface area contributed by atoms with Gasteiger partial charge in [0.25, 0.3) is 0 Å². The van der Waals surface area contributed by atoms with Crippen molar-refractivity contribution in [2.75, 3.05) is 33.8 Å². The monoisotopic (exact) mass is 356 g/mol. The minimum Gasteiger partial charge on any atom is -0.469 e. The number of guanidine groups is 1. The summed E-state index contributed by atoms with van der Waals surface area (Å²) in [6.07, 6.45) is 5.78. The van der Waals surface area contributed by atoms with Crippen LogP contribution in [0, 0.1) is 0 Å². The van der Waals surface area contributed by atoms with Crippen molar-refractivity contribution in [2.45, 2.75) is 78.3 Å². The van der Waals surface area contributed by atoms with Crippen LogP contribution in [0.15, 0.2) is 4.99 Å². The molecule has 0 saturated heterocycles. The molecule has 0 aliphatic rings. The minimum atomic E-state index is -0.115. The van der Waals surface area contributed by atoms with Gasteiger partial charge >= 0.3 is 5.97 Å². The Bertz CT molecular complexity index is 362. The average molecular weight is 357 g/mol. The summed E-state index contributed by atoms with van der Waals surface area (Å²) in [6, 6.07) is 1.16. The van der Waals surface area contributed by atoms with Crippen molar-refractivity contribution in [3.63, 3.8) is 0 Å². The molecule has 0 aromatic rings. The van der Waals surface area contributed by atoms with Crippen LogP contribution in [0.3, 0.4) is 0 Å². The summed E-state index contributed by atoms with van der Waals surface area (Å²) in [5, 5.41) is 6.73. The number of hydrogen-bond acceptors (Lipinski definition) is 4. The number of carbonyl (C=O) groups is 1. The normalized spacial score (nSPS) is 12.1. The van der Waals surface area contributed by atoms with Crippen LogP contribution in [-0.4, -0.2) is 62.7 Å². The predicted molar refractivity (Wildman–Crippen MR) is 106 cm³/mol. The predicted octanol–water partition coefficient (Wildman–Crippen LogP) is 2.78. The van der Waals surface area contributed by atoms with E-state index in [1.54, 1.807) is 7.05 Å². The molecule has 0 spiro atoms. The number of ether oxygens (including phenoxy) is 1.